The van der Waals surface area contributed by atoms with Crippen molar-refractivity contribution in [1.29, 1.82) is 0 Å². The van der Waals surface area contributed by atoms with Crippen LogP contribution in [-0.4, -0.2) is 23.7 Å². The number of hydrogen-bond donors (Lipinski definition) is 2. The highest BCUT2D eigenvalue weighted by molar-refractivity contribution is 7.09. The topological polar surface area (TPSA) is 68.4 Å². The summed E-state index contributed by atoms with van der Waals surface area (Å²) >= 11 is 1.43. The van der Waals surface area contributed by atoms with Crippen molar-refractivity contribution in [3.05, 3.63) is 45.9 Å². The van der Waals surface area contributed by atoms with Gasteiger partial charge in [-0.15, -0.1) is 11.3 Å². The summed E-state index contributed by atoms with van der Waals surface area (Å²) in [4.78, 5) is 4.82. The molecule has 0 bridgehead atoms. The lowest BCUT2D eigenvalue weighted by Gasteiger charge is -2.23. The van der Waals surface area contributed by atoms with Gasteiger partial charge in [-0.3, -0.25) is 4.98 Å². The summed E-state index contributed by atoms with van der Waals surface area (Å²) in [6.07, 6.45) is 1.02. The maximum absolute atomic E-state index is 10.5. The van der Waals surface area contributed by atoms with Gasteiger partial charge in [-0.25, -0.2) is 0 Å². The van der Waals surface area contributed by atoms with E-state index in [1.165, 1.54) is 11.3 Å². The summed E-state index contributed by atoms with van der Waals surface area (Å²) in [6.45, 7) is 2.36. The second-order valence-corrected chi connectivity index (χ2v) is 5.35. The Kier molecular flexibility index (Phi) is 4.52. The van der Waals surface area contributed by atoms with E-state index in [9.17, 15) is 5.11 Å². The standard InChI is InChI=1S/C14H18N2O2S/c1-9-3-4-12(18-2)10(5-9)11(6-15)14(17)13-7-16-8-19-13/h3-5,7-8,11,14,17H,6,15H2,1-2H3. The predicted molar refractivity (Wildman–Crippen MR) is 76.6 cm³/mol. The summed E-state index contributed by atoms with van der Waals surface area (Å²) in [5, 5.41) is 10.5. The monoisotopic (exact) mass is 278 g/mol. The van der Waals surface area contributed by atoms with Crippen molar-refractivity contribution in [3.8, 4) is 5.75 Å². The van der Waals surface area contributed by atoms with E-state index in [1.807, 2.05) is 25.1 Å². The number of thiazole rings is 1. The second kappa shape index (κ2) is 6.14. The summed E-state index contributed by atoms with van der Waals surface area (Å²) in [5.74, 6) is 0.555. The molecule has 1 aromatic heterocycles. The highest BCUT2D eigenvalue weighted by Gasteiger charge is 2.25. The first kappa shape index (κ1) is 14.0. The first-order valence-corrected chi connectivity index (χ1v) is 6.96. The molecule has 102 valence electrons. The van der Waals surface area contributed by atoms with Crippen LogP contribution in [0.5, 0.6) is 5.75 Å². The number of nitrogens with zero attached hydrogens (tertiary/aromatic N) is 1. The fourth-order valence-corrected chi connectivity index (χ4v) is 2.81. The lowest BCUT2D eigenvalue weighted by Crippen LogP contribution is -2.20. The fourth-order valence-electron chi connectivity index (χ4n) is 2.14. The van der Waals surface area contributed by atoms with E-state index < -0.39 is 6.10 Å². The maximum Gasteiger partial charge on any atom is 0.122 e. The molecule has 2 rings (SSSR count). The number of hydrogen-bond acceptors (Lipinski definition) is 5. The van der Waals surface area contributed by atoms with E-state index in [0.717, 1.165) is 21.8 Å². The first-order chi connectivity index (χ1) is 9.17. The quantitative estimate of drug-likeness (QED) is 0.880. The molecule has 0 aliphatic heterocycles. The van der Waals surface area contributed by atoms with Crippen molar-refractivity contribution < 1.29 is 9.84 Å². The number of rotatable bonds is 5. The van der Waals surface area contributed by atoms with Gasteiger partial charge in [-0.05, 0) is 13.0 Å². The Morgan fingerprint density at radius 3 is 2.84 bits per heavy atom. The Bertz CT molecular complexity index is 528. The number of methoxy groups -OCH3 is 1. The van der Waals surface area contributed by atoms with Crippen LogP contribution < -0.4 is 10.5 Å². The van der Waals surface area contributed by atoms with Crippen molar-refractivity contribution in [1.82, 2.24) is 4.98 Å². The molecule has 4 nitrogen and oxygen atoms in total. The second-order valence-electron chi connectivity index (χ2n) is 4.44. The molecule has 2 atom stereocenters. The van der Waals surface area contributed by atoms with E-state index in [1.54, 1.807) is 18.8 Å². The van der Waals surface area contributed by atoms with Crippen LogP contribution in [0.25, 0.3) is 0 Å². The molecule has 0 amide bonds. The van der Waals surface area contributed by atoms with Crippen molar-refractivity contribution >= 4 is 11.3 Å². The van der Waals surface area contributed by atoms with E-state index >= 15 is 0 Å². The highest BCUT2D eigenvalue weighted by Crippen LogP contribution is 2.36. The summed E-state index contributed by atoms with van der Waals surface area (Å²) in [6, 6.07) is 5.91. The minimum absolute atomic E-state index is 0.199. The van der Waals surface area contributed by atoms with Crippen LogP contribution in [-0.2, 0) is 0 Å². The van der Waals surface area contributed by atoms with Gasteiger partial charge in [-0.2, -0.15) is 0 Å². The van der Waals surface area contributed by atoms with Gasteiger partial charge in [0.15, 0.2) is 0 Å². The average molecular weight is 278 g/mol. The molecule has 0 radical (unpaired) electrons. The van der Waals surface area contributed by atoms with Gasteiger partial charge >= 0.3 is 0 Å². The molecule has 0 fully saturated rings. The summed E-state index contributed by atoms with van der Waals surface area (Å²) in [5.41, 5.74) is 9.61. The van der Waals surface area contributed by atoms with Gasteiger partial charge < -0.3 is 15.6 Å². The number of aromatic nitrogens is 1. The third-order valence-corrected chi connectivity index (χ3v) is 4.01. The minimum Gasteiger partial charge on any atom is -0.496 e. The molecule has 1 heterocycles. The zero-order chi connectivity index (χ0) is 13.8. The molecule has 19 heavy (non-hydrogen) atoms. The fraction of sp³-hybridized carbons (Fsp3) is 0.357. The Balaban J connectivity index is 2.39. The SMILES string of the molecule is COc1ccc(C)cc1C(CN)C(O)c1cncs1. The van der Waals surface area contributed by atoms with Crippen molar-refractivity contribution in [3.63, 3.8) is 0 Å². The highest BCUT2D eigenvalue weighted by atomic mass is 32.1. The lowest BCUT2D eigenvalue weighted by molar-refractivity contribution is 0.149. The van der Waals surface area contributed by atoms with E-state index in [4.69, 9.17) is 10.5 Å². The molecule has 0 saturated carbocycles. The number of nitrogens with two attached hydrogens (primary N) is 1. The van der Waals surface area contributed by atoms with Gasteiger partial charge in [0.25, 0.3) is 0 Å². The largest absolute Gasteiger partial charge is 0.496 e. The van der Waals surface area contributed by atoms with Crippen molar-refractivity contribution in [2.45, 2.75) is 18.9 Å². The maximum atomic E-state index is 10.5. The van der Waals surface area contributed by atoms with E-state index in [-0.39, 0.29) is 5.92 Å². The number of aryl methyl sites for hydroxylation is 1. The predicted octanol–water partition coefficient (Wildman–Crippen LogP) is 2.24. The van der Waals surface area contributed by atoms with Crippen LogP contribution in [0.1, 0.15) is 28.0 Å². The summed E-state index contributed by atoms with van der Waals surface area (Å²) in [7, 11) is 1.63. The molecule has 0 spiro atoms. The van der Waals surface area contributed by atoms with Gasteiger partial charge in [0.1, 0.15) is 5.75 Å². The Labute approximate surface area is 116 Å². The smallest absolute Gasteiger partial charge is 0.122 e. The molecule has 3 N–H and O–H groups in total. The molecule has 2 unspecified atom stereocenters. The van der Waals surface area contributed by atoms with Gasteiger partial charge in [0.05, 0.1) is 23.6 Å². The van der Waals surface area contributed by atoms with Crippen LogP contribution >= 0.6 is 11.3 Å². The van der Waals surface area contributed by atoms with Gasteiger partial charge in [0, 0.05) is 24.2 Å². The Morgan fingerprint density at radius 2 is 2.26 bits per heavy atom. The molecule has 0 aliphatic carbocycles. The lowest BCUT2D eigenvalue weighted by atomic mass is 9.91. The van der Waals surface area contributed by atoms with Crippen LogP contribution in [0.4, 0.5) is 0 Å². The molecule has 0 saturated heterocycles. The third-order valence-electron chi connectivity index (χ3n) is 3.16. The molecule has 0 aliphatic rings. The van der Waals surface area contributed by atoms with Crippen molar-refractivity contribution in [2.75, 3.05) is 13.7 Å². The Hall–Kier alpha value is -1.43. The first-order valence-electron chi connectivity index (χ1n) is 6.08. The molecule has 5 heteroatoms. The van der Waals surface area contributed by atoms with Crippen molar-refractivity contribution in [2.24, 2.45) is 5.73 Å². The van der Waals surface area contributed by atoms with E-state index in [2.05, 4.69) is 4.98 Å². The summed E-state index contributed by atoms with van der Waals surface area (Å²) < 4.78 is 5.37. The average Bonchev–Trinajstić information content (AvgIpc) is 2.93. The molecular weight excluding hydrogens is 260 g/mol. The molecule has 2 aromatic rings. The number of aliphatic hydroxyl groups is 1. The molecular formula is C14H18N2O2S. The third kappa shape index (κ3) is 2.94. The van der Waals surface area contributed by atoms with Crippen LogP contribution in [0.15, 0.2) is 29.9 Å². The zero-order valence-electron chi connectivity index (χ0n) is 11.0. The normalized spacial score (nSPS) is 14.1. The zero-order valence-corrected chi connectivity index (χ0v) is 11.9. The number of benzene rings is 1. The molecule has 1 aromatic carbocycles. The van der Waals surface area contributed by atoms with Crippen LogP contribution in [0.2, 0.25) is 0 Å². The van der Waals surface area contributed by atoms with Gasteiger partial charge in [-0.1, -0.05) is 17.7 Å². The van der Waals surface area contributed by atoms with Crippen LogP contribution in [0, 0.1) is 6.92 Å². The van der Waals surface area contributed by atoms with Crippen LogP contribution in [0.3, 0.4) is 0 Å². The number of ether oxygens (including phenoxy) is 1. The number of aliphatic hydroxyl groups excluding tert-OH is 1. The van der Waals surface area contributed by atoms with E-state index in [0.29, 0.717) is 6.54 Å². The van der Waals surface area contributed by atoms with Gasteiger partial charge in [0.2, 0.25) is 0 Å². The Morgan fingerprint density at radius 1 is 1.47 bits per heavy atom. The minimum atomic E-state index is -0.659.